The monoisotopic (exact) mass is 180 g/mol. The molecule has 0 saturated carbocycles. The van der Waals surface area contributed by atoms with Crippen LogP contribution < -0.4 is 5.43 Å². The maximum atomic E-state index is 13.2. The normalized spacial score (nSPS) is 15.6. The number of nitrogens with zero attached hydrogens (tertiary/aromatic N) is 1. The van der Waals surface area contributed by atoms with Gasteiger partial charge in [0.25, 0.3) is 0 Å². The number of nitrogens with one attached hydrogen (secondary N) is 1. The minimum atomic E-state index is -0.315. The zero-order valence-corrected chi connectivity index (χ0v) is 6.96. The van der Waals surface area contributed by atoms with Crippen molar-refractivity contribution in [2.75, 3.05) is 13.2 Å². The summed E-state index contributed by atoms with van der Waals surface area (Å²) in [4.78, 5) is 0. The van der Waals surface area contributed by atoms with E-state index in [1.54, 1.807) is 18.2 Å². The van der Waals surface area contributed by atoms with Crippen molar-refractivity contribution in [2.24, 2.45) is 5.10 Å². The third-order valence-corrected chi connectivity index (χ3v) is 1.74. The number of hydrogen-bond donors (Lipinski definition) is 1. The molecule has 13 heavy (non-hydrogen) atoms. The molecule has 0 bridgehead atoms. The van der Waals surface area contributed by atoms with Gasteiger partial charge < -0.3 is 10.2 Å². The summed E-state index contributed by atoms with van der Waals surface area (Å²) in [7, 11) is 0. The lowest BCUT2D eigenvalue weighted by atomic mass is 10.2. The molecule has 4 heteroatoms. The summed E-state index contributed by atoms with van der Waals surface area (Å²) >= 11 is 0. The minimum absolute atomic E-state index is 0.315. The topological polar surface area (TPSA) is 33.6 Å². The second-order valence-electron chi connectivity index (χ2n) is 2.65. The minimum Gasteiger partial charge on any atom is -0.474 e. The van der Waals surface area contributed by atoms with E-state index in [1.165, 1.54) is 6.07 Å². The Balaban J connectivity index is 2.34. The molecule has 0 aromatic heterocycles. The van der Waals surface area contributed by atoms with Crippen LogP contribution in [-0.4, -0.2) is 19.0 Å². The Morgan fingerprint density at radius 1 is 1.38 bits per heavy atom. The van der Waals surface area contributed by atoms with Gasteiger partial charge in [-0.1, -0.05) is 12.1 Å². The van der Waals surface area contributed by atoms with Crippen LogP contribution >= 0.6 is 0 Å². The van der Waals surface area contributed by atoms with Gasteiger partial charge in [0, 0.05) is 0 Å². The van der Waals surface area contributed by atoms with Crippen molar-refractivity contribution >= 4 is 5.90 Å². The van der Waals surface area contributed by atoms with E-state index in [1.807, 2.05) is 0 Å². The molecule has 2 rings (SSSR count). The van der Waals surface area contributed by atoms with Gasteiger partial charge in [-0.3, -0.25) is 0 Å². The molecule has 0 aliphatic carbocycles. The smallest absolute Gasteiger partial charge is 0.240 e. The lowest BCUT2D eigenvalue weighted by Gasteiger charge is -2.14. The molecule has 0 atom stereocenters. The summed E-state index contributed by atoms with van der Waals surface area (Å²) in [6, 6.07) is 6.41. The van der Waals surface area contributed by atoms with Crippen molar-refractivity contribution in [3.05, 3.63) is 35.6 Å². The van der Waals surface area contributed by atoms with Crippen LogP contribution in [0.1, 0.15) is 5.56 Å². The van der Waals surface area contributed by atoms with Crippen molar-refractivity contribution in [3.63, 3.8) is 0 Å². The largest absolute Gasteiger partial charge is 0.474 e. The van der Waals surface area contributed by atoms with Crippen molar-refractivity contribution in [1.29, 1.82) is 0 Å². The summed E-state index contributed by atoms with van der Waals surface area (Å²) in [5.41, 5.74) is 3.15. The summed E-state index contributed by atoms with van der Waals surface area (Å²) in [6.45, 7) is 1.19. The van der Waals surface area contributed by atoms with E-state index >= 15 is 0 Å². The van der Waals surface area contributed by atoms with E-state index in [0.29, 0.717) is 24.6 Å². The lowest BCUT2D eigenvalue weighted by Crippen LogP contribution is -2.26. The van der Waals surface area contributed by atoms with Gasteiger partial charge in [0.1, 0.15) is 12.4 Å². The van der Waals surface area contributed by atoms with E-state index in [-0.39, 0.29) is 5.82 Å². The van der Waals surface area contributed by atoms with Gasteiger partial charge in [-0.05, 0) is 12.1 Å². The van der Waals surface area contributed by atoms with Crippen LogP contribution in [0.15, 0.2) is 29.4 Å². The van der Waals surface area contributed by atoms with Crippen LogP contribution in [0.2, 0.25) is 0 Å². The first-order valence-corrected chi connectivity index (χ1v) is 4.06. The zero-order chi connectivity index (χ0) is 9.10. The van der Waals surface area contributed by atoms with Gasteiger partial charge in [0.15, 0.2) is 0 Å². The van der Waals surface area contributed by atoms with Crippen molar-refractivity contribution in [1.82, 2.24) is 5.43 Å². The fraction of sp³-hybridized carbons (Fsp3) is 0.222. The number of benzene rings is 1. The maximum Gasteiger partial charge on any atom is 0.240 e. The highest BCUT2D eigenvalue weighted by Gasteiger charge is 2.12. The maximum absolute atomic E-state index is 13.2. The molecular weight excluding hydrogens is 171 g/mol. The van der Waals surface area contributed by atoms with Gasteiger partial charge in [-0.2, -0.15) is 0 Å². The fourth-order valence-corrected chi connectivity index (χ4v) is 1.13. The molecule has 0 unspecified atom stereocenters. The summed E-state index contributed by atoms with van der Waals surface area (Å²) in [5.74, 6) is 0.00861. The molecule has 0 spiro atoms. The number of hydrogen-bond acceptors (Lipinski definition) is 3. The van der Waals surface area contributed by atoms with Crippen LogP contribution in [0.4, 0.5) is 4.39 Å². The lowest BCUT2D eigenvalue weighted by molar-refractivity contribution is 0.278. The molecule has 3 nitrogen and oxygen atoms in total. The first-order chi connectivity index (χ1) is 6.38. The molecule has 1 N–H and O–H groups in total. The second-order valence-corrected chi connectivity index (χ2v) is 2.65. The van der Waals surface area contributed by atoms with Gasteiger partial charge >= 0.3 is 0 Å². The van der Waals surface area contributed by atoms with Crippen molar-refractivity contribution in [2.45, 2.75) is 0 Å². The molecule has 0 radical (unpaired) electrons. The van der Waals surface area contributed by atoms with Crippen molar-refractivity contribution < 1.29 is 9.13 Å². The molecular formula is C9H9FN2O. The Morgan fingerprint density at radius 3 is 2.92 bits per heavy atom. The average Bonchev–Trinajstić information content (AvgIpc) is 2.20. The standard InChI is InChI=1S/C9H9FN2O/c10-8-4-2-1-3-7(8)9-12-11-5-6-13-9/h1-4,11H,5-6H2. The molecule has 0 amide bonds. The van der Waals surface area contributed by atoms with E-state index in [4.69, 9.17) is 4.74 Å². The summed E-state index contributed by atoms with van der Waals surface area (Å²) in [5, 5.41) is 3.86. The Morgan fingerprint density at radius 2 is 2.23 bits per heavy atom. The molecule has 68 valence electrons. The number of hydrazone groups is 1. The Bertz CT molecular complexity index is 338. The quantitative estimate of drug-likeness (QED) is 0.702. The molecule has 0 saturated heterocycles. The predicted octanol–water partition coefficient (Wildman–Crippen LogP) is 1.11. The SMILES string of the molecule is Fc1ccccc1C1=NNCCO1. The van der Waals surface area contributed by atoms with Crippen LogP contribution in [0, 0.1) is 5.82 Å². The highest BCUT2D eigenvalue weighted by atomic mass is 19.1. The highest BCUT2D eigenvalue weighted by molar-refractivity contribution is 5.94. The molecule has 1 aromatic rings. The molecule has 1 aromatic carbocycles. The Kier molecular flexibility index (Phi) is 2.12. The predicted molar refractivity (Wildman–Crippen MR) is 46.9 cm³/mol. The fourth-order valence-electron chi connectivity index (χ4n) is 1.13. The highest BCUT2D eigenvalue weighted by Crippen LogP contribution is 2.09. The van der Waals surface area contributed by atoms with Gasteiger partial charge in [-0.25, -0.2) is 4.39 Å². The third-order valence-electron chi connectivity index (χ3n) is 1.74. The van der Waals surface area contributed by atoms with E-state index in [0.717, 1.165) is 0 Å². The number of halogens is 1. The van der Waals surface area contributed by atoms with Crippen LogP contribution in [0.25, 0.3) is 0 Å². The molecule has 0 fully saturated rings. The van der Waals surface area contributed by atoms with Gasteiger partial charge in [-0.15, -0.1) is 5.10 Å². The van der Waals surface area contributed by atoms with Crippen molar-refractivity contribution in [3.8, 4) is 0 Å². The van der Waals surface area contributed by atoms with Gasteiger partial charge in [0.2, 0.25) is 5.90 Å². The van der Waals surface area contributed by atoms with Gasteiger partial charge in [0.05, 0.1) is 12.1 Å². The first kappa shape index (κ1) is 8.04. The first-order valence-electron chi connectivity index (χ1n) is 4.06. The van der Waals surface area contributed by atoms with E-state index < -0.39 is 0 Å². The average molecular weight is 180 g/mol. The number of ether oxygens (including phenoxy) is 1. The van der Waals surface area contributed by atoms with Crippen LogP contribution in [-0.2, 0) is 4.74 Å². The third kappa shape index (κ3) is 1.61. The Labute approximate surface area is 75.2 Å². The zero-order valence-electron chi connectivity index (χ0n) is 6.96. The Hall–Kier alpha value is -1.58. The molecule has 1 aliphatic heterocycles. The number of rotatable bonds is 1. The summed E-state index contributed by atoms with van der Waals surface area (Å²) in [6.07, 6.45) is 0. The van der Waals surface area contributed by atoms with E-state index in [2.05, 4.69) is 10.5 Å². The molecule has 1 heterocycles. The molecule has 1 aliphatic rings. The van der Waals surface area contributed by atoms with E-state index in [9.17, 15) is 4.39 Å². The second kappa shape index (κ2) is 3.43. The van der Waals surface area contributed by atoms with Crippen LogP contribution in [0.3, 0.4) is 0 Å². The summed E-state index contributed by atoms with van der Waals surface area (Å²) < 4.78 is 18.4. The van der Waals surface area contributed by atoms with Crippen LogP contribution in [0.5, 0.6) is 0 Å².